The van der Waals surface area contributed by atoms with Crippen molar-refractivity contribution in [1.82, 2.24) is 0 Å². The Labute approximate surface area is 180 Å². The minimum atomic E-state index is -1.83. The summed E-state index contributed by atoms with van der Waals surface area (Å²) in [4.78, 5) is 8.56. The molecule has 0 spiro atoms. The molecule has 4 nitrogen and oxygen atoms in total. The van der Waals surface area contributed by atoms with Crippen LogP contribution in [0, 0.1) is 6.92 Å². The maximum atomic E-state index is 8.56. The summed E-state index contributed by atoms with van der Waals surface area (Å²) in [7, 11) is 3.77. The molecule has 3 atom stereocenters. The number of rotatable bonds is 5. The zero-order valence-corrected chi connectivity index (χ0v) is 18.3. The number of halogens is 1. The molecule has 0 aromatic heterocycles. The largest absolute Gasteiger partial charge is 0.503 e. The van der Waals surface area contributed by atoms with Gasteiger partial charge in [-0.3, -0.25) is 0 Å². The molecule has 0 radical (unpaired) electrons. The number of carboxylic acid groups (broad SMARTS) is 2. The van der Waals surface area contributed by atoms with Crippen molar-refractivity contribution in [2.75, 3.05) is 0 Å². The molecule has 2 aromatic rings. The van der Waals surface area contributed by atoms with Gasteiger partial charge in [-0.1, -0.05) is 81.8 Å². The molecule has 0 bridgehead atoms. The lowest BCUT2D eigenvalue weighted by Gasteiger charge is -2.25. The highest BCUT2D eigenvalue weighted by Gasteiger charge is 2.22. The third-order valence-corrected chi connectivity index (χ3v) is 6.66. The third kappa shape index (κ3) is 7.43. The summed E-state index contributed by atoms with van der Waals surface area (Å²) in [5.74, 6) is 0.245. The Hall–Kier alpha value is -1.60. The van der Waals surface area contributed by atoms with Gasteiger partial charge in [-0.15, -0.1) is 12.4 Å². The zero-order chi connectivity index (χ0) is 19.8. The first-order valence-electron chi connectivity index (χ1n) is 8.69. The third-order valence-electron chi connectivity index (χ3n) is 4.30. The zero-order valence-electron chi connectivity index (χ0n) is 15.8. The minimum absolute atomic E-state index is 0. The van der Waals surface area contributed by atoms with Crippen LogP contribution >= 0.6 is 34.0 Å². The molecular formula is C21H26ClNO3S2. The molecule has 3 rings (SSSR count). The van der Waals surface area contributed by atoms with Gasteiger partial charge in [0.05, 0.1) is 0 Å². The molecular weight excluding hydrogens is 414 g/mol. The number of carbonyl (C=O) groups is 1. The summed E-state index contributed by atoms with van der Waals surface area (Å²) in [5.41, 5.74) is 11.8. The molecule has 7 heteroatoms. The Morgan fingerprint density at radius 1 is 1.14 bits per heavy atom. The highest BCUT2D eigenvalue weighted by Crippen LogP contribution is 2.39. The highest BCUT2D eigenvalue weighted by atomic mass is 35.5. The smallest absolute Gasteiger partial charge is 0.450 e. The average Bonchev–Trinajstić information content (AvgIpc) is 3.11. The van der Waals surface area contributed by atoms with Crippen molar-refractivity contribution >= 4 is 40.2 Å². The number of benzene rings is 2. The van der Waals surface area contributed by atoms with Crippen molar-refractivity contribution in [2.45, 2.75) is 37.5 Å². The summed E-state index contributed by atoms with van der Waals surface area (Å²) >= 11 is 0. The van der Waals surface area contributed by atoms with Crippen LogP contribution in [-0.2, 0) is 6.42 Å². The predicted molar refractivity (Wildman–Crippen MR) is 123 cm³/mol. The van der Waals surface area contributed by atoms with E-state index in [1.165, 1.54) is 22.3 Å². The Morgan fingerprint density at radius 2 is 1.75 bits per heavy atom. The lowest BCUT2D eigenvalue weighted by Crippen LogP contribution is -2.27. The molecule has 1 aliphatic rings. The van der Waals surface area contributed by atoms with Crippen LogP contribution in [0.3, 0.4) is 0 Å². The maximum Gasteiger partial charge on any atom is 0.503 e. The van der Waals surface area contributed by atoms with Crippen molar-refractivity contribution in [3.05, 3.63) is 82.3 Å². The number of nitrogens with two attached hydrogens (primary N) is 1. The molecule has 2 aromatic carbocycles. The fraction of sp³-hybridized carbons (Fsp3) is 0.286. The van der Waals surface area contributed by atoms with Crippen molar-refractivity contribution < 1.29 is 15.0 Å². The molecule has 1 aliphatic heterocycles. The normalized spacial score (nSPS) is 17.0. The Kier molecular flexibility index (Phi) is 10.5. The molecule has 3 unspecified atom stereocenters. The Morgan fingerprint density at radius 3 is 2.29 bits per heavy atom. The summed E-state index contributed by atoms with van der Waals surface area (Å²) in [5, 5.41) is 16.7. The van der Waals surface area contributed by atoms with Crippen LogP contribution in [0.4, 0.5) is 4.79 Å². The monoisotopic (exact) mass is 439 g/mol. The lowest BCUT2D eigenvalue weighted by atomic mass is 9.82. The predicted octanol–water partition coefficient (Wildman–Crippen LogP) is 5.94. The van der Waals surface area contributed by atoms with Crippen LogP contribution in [0.15, 0.2) is 60.0 Å². The topological polar surface area (TPSA) is 83.6 Å². The van der Waals surface area contributed by atoms with Gasteiger partial charge < -0.3 is 15.9 Å². The summed E-state index contributed by atoms with van der Waals surface area (Å²) in [6, 6.07) is 17.7. The molecule has 152 valence electrons. The van der Waals surface area contributed by atoms with E-state index in [-0.39, 0.29) is 24.4 Å². The van der Waals surface area contributed by atoms with Gasteiger partial charge in [0.15, 0.2) is 0 Å². The minimum Gasteiger partial charge on any atom is -0.450 e. The summed E-state index contributed by atoms with van der Waals surface area (Å²) in [6.45, 7) is 4.24. The number of hydrogen-bond donors (Lipinski definition) is 3. The second kappa shape index (κ2) is 12.1. The van der Waals surface area contributed by atoms with Crippen molar-refractivity contribution in [3.8, 4) is 0 Å². The van der Waals surface area contributed by atoms with Gasteiger partial charge in [-0.05, 0) is 42.4 Å². The second-order valence-corrected chi connectivity index (χ2v) is 8.91. The molecule has 0 fully saturated rings. The SMILES string of the molecule is Cc1ccc(C(c2ccccc2CC2C=CSS2)C(C)N)cc1.Cl.O=C(O)O. The summed E-state index contributed by atoms with van der Waals surface area (Å²) < 4.78 is 0. The Balaban J connectivity index is 0.000000717. The average molecular weight is 440 g/mol. The van der Waals surface area contributed by atoms with Crippen LogP contribution in [0.1, 0.15) is 35.1 Å². The first-order chi connectivity index (χ1) is 12.9. The van der Waals surface area contributed by atoms with E-state index in [4.69, 9.17) is 20.7 Å². The van der Waals surface area contributed by atoms with Gasteiger partial charge in [0, 0.05) is 17.2 Å². The van der Waals surface area contributed by atoms with E-state index >= 15 is 0 Å². The molecule has 1 heterocycles. The fourth-order valence-corrected chi connectivity index (χ4v) is 5.30. The first kappa shape index (κ1) is 24.4. The van der Waals surface area contributed by atoms with Gasteiger partial charge >= 0.3 is 6.16 Å². The molecule has 0 aliphatic carbocycles. The summed E-state index contributed by atoms with van der Waals surface area (Å²) in [6.07, 6.45) is 1.54. The van der Waals surface area contributed by atoms with Gasteiger partial charge in [0.2, 0.25) is 0 Å². The van der Waals surface area contributed by atoms with Crippen molar-refractivity contribution in [1.29, 1.82) is 0 Å². The Bertz CT molecular complexity index is 777. The molecule has 28 heavy (non-hydrogen) atoms. The van der Waals surface area contributed by atoms with Gasteiger partial charge in [0.25, 0.3) is 0 Å². The van der Waals surface area contributed by atoms with Crippen molar-refractivity contribution in [2.24, 2.45) is 5.73 Å². The van der Waals surface area contributed by atoms with E-state index in [2.05, 4.69) is 73.9 Å². The number of hydrogen-bond acceptors (Lipinski definition) is 4. The van der Waals surface area contributed by atoms with Gasteiger partial charge in [0.1, 0.15) is 0 Å². The molecule has 0 amide bonds. The quantitative estimate of drug-likeness (QED) is 0.500. The second-order valence-electron chi connectivity index (χ2n) is 6.49. The van der Waals surface area contributed by atoms with E-state index in [1.807, 2.05) is 21.6 Å². The van der Waals surface area contributed by atoms with Crippen LogP contribution in [0.2, 0.25) is 0 Å². The molecule has 0 saturated heterocycles. The van der Waals surface area contributed by atoms with E-state index in [1.54, 1.807) is 0 Å². The molecule has 0 saturated carbocycles. The standard InChI is InChI=1S/C20H23NS2.CH2O3.ClH/c1-14-7-9-16(10-8-14)20(15(2)21)19-6-4-3-5-17(19)13-18-11-12-22-23-18;2-1(3)4;/h3-12,15,18,20H,13,21H2,1-2H3;(H2,2,3,4);1H. The van der Waals surface area contributed by atoms with Crippen LogP contribution < -0.4 is 5.73 Å². The molecule has 4 N–H and O–H groups in total. The van der Waals surface area contributed by atoms with Crippen LogP contribution in [0.25, 0.3) is 0 Å². The van der Waals surface area contributed by atoms with E-state index in [0.29, 0.717) is 5.25 Å². The number of aryl methyl sites for hydroxylation is 1. The van der Waals surface area contributed by atoms with Crippen LogP contribution in [-0.4, -0.2) is 27.7 Å². The fourth-order valence-electron chi connectivity index (χ4n) is 3.14. The maximum absolute atomic E-state index is 8.56. The van der Waals surface area contributed by atoms with E-state index < -0.39 is 6.16 Å². The highest BCUT2D eigenvalue weighted by molar-refractivity contribution is 8.78. The van der Waals surface area contributed by atoms with Crippen LogP contribution in [0.5, 0.6) is 0 Å². The first-order valence-corrected chi connectivity index (χ1v) is 11.0. The van der Waals surface area contributed by atoms with Crippen molar-refractivity contribution in [3.63, 3.8) is 0 Å². The van der Waals surface area contributed by atoms with E-state index in [9.17, 15) is 0 Å². The van der Waals surface area contributed by atoms with E-state index in [0.717, 1.165) is 6.42 Å². The van der Waals surface area contributed by atoms with Gasteiger partial charge in [-0.2, -0.15) is 0 Å². The lowest BCUT2D eigenvalue weighted by molar-refractivity contribution is 0.137. The van der Waals surface area contributed by atoms with Gasteiger partial charge in [-0.25, -0.2) is 4.79 Å².